The van der Waals surface area contributed by atoms with Crippen LogP contribution in [0.4, 0.5) is 15.3 Å². The number of carboxylic acid groups (broad SMARTS) is 1. The van der Waals surface area contributed by atoms with E-state index in [1.54, 1.807) is 21.9 Å². The van der Waals surface area contributed by atoms with E-state index in [1.807, 2.05) is 27.7 Å². The first kappa shape index (κ1) is 19.6. The third kappa shape index (κ3) is 5.11. The number of anilines is 1. The molecule has 0 unspecified atom stereocenters. The molecule has 0 radical (unpaired) electrons. The van der Waals surface area contributed by atoms with E-state index in [0.29, 0.717) is 25.3 Å². The summed E-state index contributed by atoms with van der Waals surface area (Å²) < 4.78 is 5.39. The highest BCUT2D eigenvalue weighted by atomic mass is 16.6. The summed E-state index contributed by atoms with van der Waals surface area (Å²) in [5, 5.41) is 11.7. The van der Waals surface area contributed by atoms with E-state index >= 15 is 0 Å². The van der Waals surface area contributed by atoms with Crippen LogP contribution in [0.15, 0.2) is 24.3 Å². The number of piperazine rings is 1. The number of amides is 3. The molecule has 1 fully saturated rings. The first-order valence-corrected chi connectivity index (χ1v) is 8.46. The fourth-order valence-corrected chi connectivity index (χ4v) is 2.67. The van der Waals surface area contributed by atoms with Crippen LogP contribution in [0.2, 0.25) is 0 Å². The van der Waals surface area contributed by atoms with Crippen molar-refractivity contribution in [2.45, 2.75) is 39.3 Å². The zero-order valence-corrected chi connectivity index (χ0v) is 15.5. The van der Waals surface area contributed by atoms with Crippen molar-refractivity contribution in [1.82, 2.24) is 9.80 Å². The second-order valence-electron chi connectivity index (χ2n) is 7.28. The van der Waals surface area contributed by atoms with E-state index in [0.717, 1.165) is 0 Å². The topological polar surface area (TPSA) is 99.2 Å². The minimum absolute atomic E-state index is 0.103. The molecule has 2 N–H and O–H groups in total. The van der Waals surface area contributed by atoms with Gasteiger partial charge >= 0.3 is 18.1 Å². The van der Waals surface area contributed by atoms with Crippen LogP contribution in [0.1, 0.15) is 38.1 Å². The molecule has 26 heavy (non-hydrogen) atoms. The SMILES string of the molecule is C[C@@H]1CN(C(=O)Nc2cccc(C(=O)O)c2)CCN1C(=O)OC(C)(C)C. The van der Waals surface area contributed by atoms with Gasteiger partial charge in [-0.2, -0.15) is 0 Å². The minimum atomic E-state index is -1.05. The van der Waals surface area contributed by atoms with Crippen LogP contribution in [0.5, 0.6) is 0 Å². The van der Waals surface area contributed by atoms with Gasteiger partial charge in [0.2, 0.25) is 0 Å². The van der Waals surface area contributed by atoms with Crippen LogP contribution in [0.3, 0.4) is 0 Å². The molecule has 8 heteroatoms. The maximum atomic E-state index is 12.4. The number of ether oxygens (including phenoxy) is 1. The van der Waals surface area contributed by atoms with Crippen molar-refractivity contribution in [3.05, 3.63) is 29.8 Å². The normalized spacial score (nSPS) is 17.6. The molecular weight excluding hydrogens is 338 g/mol. The lowest BCUT2D eigenvalue weighted by Crippen LogP contribution is -2.57. The number of aromatic carboxylic acids is 1. The molecule has 0 spiro atoms. The van der Waals surface area contributed by atoms with E-state index in [2.05, 4.69) is 5.32 Å². The van der Waals surface area contributed by atoms with Crippen molar-refractivity contribution in [3.63, 3.8) is 0 Å². The Bertz CT molecular complexity index is 698. The molecule has 0 saturated carbocycles. The Hall–Kier alpha value is -2.77. The highest BCUT2D eigenvalue weighted by Crippen LogP contribution is 2.17. The van der Waals surface area contributed by atoms with Gasteiger partial charge in [-0.15, -0.1) is 0 Å². The van der Waals surface area contributed by atoms with Crippen molar-refractivity contribution in [3.8, 4) is 0 Å². The molecule has 8 nitrogen and oxygen atoms in total. The van der Waals surface area contributed by atoms with Gasteiger partial charge < -0.3 is 25.0 Å². The molecule has 1 heterocycles. The smallest absolute Gasteiger partial charge is 0.410 e. The number of hydrogen-bond donors (Lipinski definition) is 2. The molecule has 0 aliphatic carbocycles. The number of carboxylic acids is 1. The molecule has 0 bridgehead atoms. The van der Waals surface area contributed by atoms with Crippen molar-refractivity contribution in [2.75, 3.05) is 25.0 Å². The van der Waals surface area contributed by atoms with Gasteiger partial charge in [0.05, 0.1) is 5.56 Å². The van der Waals surface area contributed by atoms with Gasteiger partial charge in [-0.1, -0.05) is 6.07 Å². The Morgan fingerprint density at radius 1 is 1.23 bits per heavy atom. The molecule has 142 valence electrons. The number of nitrogens with zero attached hydrogens (tertiary/aromatic N) is 2. The van der Waals surface area contributed by atoms with Gasteiger partial charge in [0.25, 0.3) is 0 Å². The summed E-state index contributed by atoms with van der Waals surface area (Å²) in [7, 11) is 0. The number of carbonyl (C=O) groups excluding carboxylic acids is 2. The van der Waals surface area contributed by atoms with Crippen LogP contribution >= 0.6 is 0 Å². The zero-order chi connectivity index (χ0) is 19.5. The maximum absolute atomic E-state index is 12.4. The monoisotopic (exact) mass is 363 g/mol. The van der Waals surface area contributed by atoms with Crippen molar-refractivity contribution in [2.24, 2.45) is 0 Å². The van der Waals surface area contributed by atoms with Gasteiger partial charge in [0.1, 0.15) is 5.60 Å². The highest BCUT2D eigenvalue weighted by molar-refractivity contribution is 5.93. The number of rotatable bonds is 2. The third-order valence-electron chi connectivity index (χ3n) is 3.90. The summed E-state index contributed by atoms with van der Waals surface area (Å²) in [6.07, 6.45) is -0.390. The van der Waals surface area contributed by atoms with E-state index in [-0.39, 0.29) is 23.7 Å². The fourth-order valence-electron chi connectivity index (χ4n) is 2.67. The number of hydrogen-bond acceptors (Lipinski definition) is 4. The van der Waals surface area contributed by atoms with Gasteiger partial charge in [0, 0.05) is 31.4 Å². The lowest BCUT2D eigenvalue weighted by molar-refractivity contribution is 0.00588. The molecule has 1 atom stereocenters. The van der Waals surface area contributed by atoms with Crippen molar-refractivity contribution in [1.29, 1.82) is 0 Å². The molecule has 0 aromatic heterocycles. The Morgan fingerprint density at radius 3 is 2.50 bits per heavy atom. The summed E-state index contributed by atoms with van der Waals surface area (Å²) in [5.74, 6) is -1.05. The molecule has 2 rings (SSSR count). The predicted molar refractivity (Wildman–Crippen MR) is 96.4 cm³/mol. The highest BCUT2D eigenvalue weighted by Gasteiger charge is 2.32. The second kappa shape index (κ2) is 7.63. The van der Waals surface area contributed by atoms with Crippen LogP contribution in [0.25, 0.3) is 0 Å². The van der Waals surface area contributed by atoms with Gasteiger partial charge in [-0.3, -0.25) is 0 Å². The quantitative estimate of drug-likeness (QED) is 0.842. The predicted octanol–water partition coefficient (Wildman–Crippen LogP) is 2.86. The average Bonchev–Trinajstić information content (AvgIpc) is 2.53. The van der Waals surface area contributed by atoms with Crippen molar-refractivity contribution >= 4 is 23.8 Å². The van der Waals surface area contributed by atoms with Gasteiger partial charge in [-0.25, -0.2) is 14.4 Å². The molecule has 1 aliphatic heterocycles. The van der Waals surface area contributed by atoms with E-state index < -0.39 is 11.6 Å². The van der Waals surface area contributed by atoms with E-state index in [1.165, 1.54) is 12.1 Å². The van der Waals surface area contributed by atoms with Gasteiger partial charge in [0.15, 0.2) is 0 Å². The Labute approximate surface area is 152 Å². The second-order valence-corrected chi connectivity index (χ2v) is 7.28. The van der Waals surface area contributed by atoms with Crippen LogP contribution in [0, 0.1) is 0 Å². The minimum Gasteiger partial charge on any atom is -0.478 e. The number of carbonyl (C=O) groups is 3. The Kier molecular flexibility index (Phi) is 5.74. The molecule has 1 saturated heterocycles. The average molecular weight is 363 g/mol. The zero-order valence-electron chi connectivity index (χ0n) is 15.5. The standard InChI is InChI=1S/C18H25N3O5/c1-12-11-20(8-9-21(12)17(25)26-18(2,3)4)16(24)19-14-7-5-6-13(10-14)15(22)23/h5-7,10,12H,8-9,11H2,1-4H3,(H,19,24)(H,22,23)/t12-/m1/s1. The lowest BCUT2D eigenvalue weighted by atomic mass is 10.2. The summed E-state index contributed by atoms with van der Waals surface area (Å²) in [5.41, 5.74) is -0.0523. The lowest BCUT2D eigenvalue weighted by Gasteiger charge is -2.40. The van der Waals surface area contributed by atoms with E-state index in [4.69, 9.17) is 9.84 Å². The van der Waals surface area contributed by atoms with Crippen molar-refractivity contribution < 1.29 is 24.2 Å². The molecular formula is C18H25N3O5. The number of urea groups is 1. The van der Waals surface area contributed by atoms with E-state index in [9.17, 15) is 14.4 Å². The molecule has 3 amide bonds. The number of nitrogens with one attached hydrogen (secondary N) is 1. The molecule has 1 aliphatic rings. The Morgan fingerprint density at radius 2 is 1.92 bits per heavy atom. The molecule has 1 aromatic rings. The van der Waals surface area contributed by atoms with Gasteiger partial charge in [-0.05, 0) is 45.9 Å². The summed E-state index contributed by atoms with van der Waals surface area (Å²) in [6.45, 7) is 8.39. The van der Waals surface area contributed by atoms with Crippen LogP contribution in [-0.4, -0.2) is 64.3 Å². The largest absolute Gasteiger partial charge is 0.478 e. The Balaban J connectivity index is 1.95. The van der Waals surface area contributed by atoms with Crippen LogP contribution < -0.4 is 5.32 Å². The molecule has 1 aromatic carbocycles. The first-order chi connectivity index (χ1) is 12.1. The summed E-state index contributed by atoms with van der Waals surface area (Å²) in [4.78, 5) is 38.9. The summed E-state index contributed by atoms with van der Waals surface area (Å²) in [6, 6.07) is 5.55. The maximum Gasteiger partial charge on any atom is 0.410 e. The third-order valence-corrected chi connectivity index (χ3v) is 3.90. The number of benzene rings is 1. The fraction of sp³-hybridized carbons (Fsp3) is 0.500. The summed E-state index contributed by atoms with van der Waals surface area (Å²) >= 11 is 0. The van der Waals surface area contributed by atoms with Crippen LogP contribution in [-0.2, 0) is 4.74 Å². The first-order valence-electron chi connectivity index (χ1n) is 8.46.